The van der Waals surface area contributed by atoms with Gasteiger partial charge >= 0.3 is 0 Å². The number of Topliss-reactive ketones (excluding diaryl/α,β-unsaturated/α-hetero) is 1. The Labute approximate surface area is 112 Å². The third-order valence-corrected chi connectivity index (χ3v) is 3.39. The van der Waals surface area contributed by atoms with Crippen LogP contribution in [0.5, 0.6) is 0 Å². The van der Waals surface area contributed by atoms with E-state index in [2.05, 4.69) is 19.1 Å². The Balaban J connectivity index is 2.14. The zero-order chi connectivity index (χ0) is 14.0. The number of hydrogen-bond donors (Lipinski definition) is 0. The molecule has 4 heteroatoms. The maximum absolute atomic E-state index is 11.2. The second-order valence-corrected chi connectivity index (χ2v) is 4.98. The van der Waals surface area contributed by atoms with Crippen molar-refractivity contribution in [2.75, 3.05) is 13.2 Å². The molecule has 0 aliphatic carbocycles. The lowest BCUT2D eigenvalue weighted by Crippen LogP contribution is -2.37. The molecule has 1 heterocycles. The van der Waals surface area contributed by atoms with Crippen LogP contribution < -0.4 is 0 Å². The molecule has 0 spiro atoms. The van der Waals surface area contributed by atoms with Gasteiger partial charge in [-0.3, -0.25) is 9.59 Å². The van der Waals surface area contributed by atoms with Gasteiger partial charge in [-0.05, 0) is 37.5 Å². The van der Waals surface area contributed by atoms with E-state index in [1.807, 2.05) is 13.8 Å². The van der Waals surface area contributed by atoms with Crippen molar-refractivity contribution in [3.05, 3.63) is 34.4 Å². The Morgan fingerprint density at radius 1 is 1.16 bits per heavy atom. The summed E-state index contributed by atoms with van der Waals surface area (Å²) in [5.41, 5.74) is 4.64. The first-order valence-corrected chi connectivity index (χ1v) is 6.33. The van der Waals surface area contributed by atoms with Gasteiger partial charge in [-0.25, -0.2) is 0 Å². The van der Waals surface area contributed by atoms with Crippen LogP contribution in [0.15, 0.2) is 12.1 Å². The maximum atomic E-state index is 11.2. The van der Waals surface area contributed by atoms with E-state index in [1.54, 1.807) is 0 Å². The summed E-state index contributed by atoms with van der Waals surface area (Å²) in [6.07, 6.45) is -0.632. The number of aryl methyl sites for hydroxylation is 3. The number of hydrogen-bond acceptors (Lipinski definition) is 4. The number of rotatable bonds is 3. The highest BCUT2D eigenvalue weighted by Crippen LogP contribution is 2.29. The molecule has 1 fully saturated rings. The summed E-state index contributed by atoms with van der Waals surface area (Å²) in [7, 11) is 0. The molecular formula is C15H18O4. The van der Waals surface area contributed by atoms with Gasteiger partial charge in [0.25, 0.3) is 0 Å². The Morgan fingerprint density at radius 3 is 2.26 bits per heavy atom. The Hall–Kier alpha value is -1.52. The highest BCUT2D eigenvalue weighted by atomic mass is 16.6. The first kappa shape index (κ1) is 13.9. The van der Waals surface area contributed by atoms with Crippen LogP contribution in [0, 0.1) is 20.8 Å². The van der Waals surface area contributed by atoms with Gasteiger partial charge < -0.3 is 9.47 Å². The van der Waals surface area contributed by atoms with E-state index < -0.39 is 11.9 Å². The van der Waals surface area contributed by atoms with E-state index in [-0.39, 0.29) is 19.0 Å². The Morgan fingerprint density at radius 2 is 1.79 bits per heavy atom. The fraction of sp³-hybridized carbons (Fsp3) is 0.467. The van der Waals surface area contributed by atoms with Crippen LogP contribution >= 0.6 is 0 Å². The molecule has 2 unspecified atom stereocenters. The standard InChI is InChI=1S/C15H18O4/c1-9-4-10(2)15(11(3)5-9)14-8-18-13(7-19-14)12(17)6-16/h4-6,13-14H,7-8H2,1-3H3. The molecule has 1 aromatic rings. The van der Waals surface area contributed by atoms with Gasteiger partial charge in [-0.15, -0.1) is 0 Å². The summed E-state index contributed by atoms with van der Waals surface area (Å²) in [5.74, 6) is -0.559. The summed E-state index contributed by atoms with van der Waals surface area (Å²) in [5, 5.41) is 0. The fourth-order valence-electron chi connectivity index (χ4n) is 2.61. The van der Waals surface area contributed by atoms with Gasteiger partial charge in [0.05, 0.1) is 13.2 Å². The number of carbonyl (C=O) groups excluding carboxylic acids is 2. The molecule has 19 heavy (non-hydrogen) atoms. The van der Waals surface area contributed by atoms with E-state index in [1.165, 1.54) is 5.56 Å². The lowest BCUT2D eigenvalue weighted by Gasteiger charge is -2.30. The molecule has 0 saturated carbocycles. The van der Waals surface area contributed by atoms with E-state index in [0.717, 1.165) is 16.7 Å². The molecule has 4 nitrogen and oxygen atoms in total. The van der Waals surface area contributed by atoms with Gasteiger partial charge in [0.2, 0.25) is 5.78 Å². The molecule has 1 aliphatic heterocycles. The minimum absolute atomic E-state index is 0.134. The largest absolute Gasteiger partial charge is 0.368 e. The van der Waals surface area contributed by atoms with Crippen molar-refractivity contribution in [3.8, 4) is 0 Å². The Kier molecular flexibility index (Phi) is 4.12. The minimum atomic E-state index is -0.750. The molecule has 0 bridgehead atoms. The number of carbonyl (C=O) groups is 2. The van der Waals surface area contributed by atoms with E-state index >= 15 is 0 Å². The van der Waals surface area contributed by atoms with Crippen molar-refractivity contribution in [3.63, 3.8) is 0 Å². The molecule has 2 atom stereocenters. The van der Waals surface area contributed by atoms with Crippen molar-refractivity contribution in [2.24, 2.45) is 0 Å². The highest BCUT2D eigenvalue weighted by molar-refractivity contribution is 6.27. The van der Waals surface area contributed by atoms with Gasteiger partial charge in [-0.1, -0.05) is 17.7 Å². The number of ether oxygens (including phenoxy) is 2. The van der Waals surface area contributed by atoms with Crippen LogP contribution in [0.25, 0.3) is 0 Å². The summed E-state index contributed by atoms with van der Waals surface area (Å²) in [6, 6.07) is 4.21. The minimum Gasteiger partial charge on any atom is -0.368 e. The van der Waals surface area contributed by atoms with Crippen molar-refractivity contribution >= 4 is 12.1 Å². The smallest absolute Gasteiger partial charge is 0.226 e. The Bertz CT molecular complexity index is 476. The van der Waals surface area contributed by atoms with E-state index in [0.29, 0.717) is 6.61 Å². The predicted molar refractivity (Wildman–Crippen MR) is 70.2 cm³/mol. The lowest BCUT2D eigenvalue weighted by molar-refractivity contribution is -0.161. The van der Waals surface area contributed by atoms with Crippen molar-refractivity contribution in [1.82, 2.24) is 0 Å². The topological polar surface area (TPSA) is 52.6 Å². The lowest BCUT2D eigenvalue weighted by atomic mass is 9.95. The normalized spacial score (nSPS) is 23.1. The molecule has 0 aromatic heterocycles. The molecule has 2 rings (SSSR count). The maximum Gasteiger partial charge on any atom is 0.226 e. The summed E-state index contributed by atoms with van der Waals surface area (Å²) in [6.45, 7) is 6.58. The first-order valence-electron chi connectivity index (χ1n) is 6.33. The molecular weight excluding hydrogens is 244 g/mol. The third kappa shape index (κ3) is 2.91. The van der Waals surface area contributed by atoms with Crippen LogP contribution in [0.4, 0.5) is 0 Å². The van der Waals surface area contributed by atoms with Gasteiger partial charge in [0, 0.05) is 0 Å². The fourth-order valence-corrected chi connectivity index (χ4v) is 2.61. The van der Waals surface area contributed by atoms with Crippen LogP contribution in [-0.4, -0.2) is 31.4 Å². The van der Waals surface area contributed by atoms with Crippen LogP contribution in [-0.2, 0) is 19.1 Å². The quantitative estimate of drug-likeness (QED) is 0.616. The van der Waals surface area contributed by atoms with Crippen molar-refractivity contribution < 1.29 is 19.1 Å². The molecule has 0 amide bonds. The molecule has 1 saturated heterocycles. The SMILES string of the molecule is Cc1cc(C)c(C2COC(C(=O)C=O)CO2)c(C)c1. The highest BCUT2D eigenvalue weighted by Gasteiger charge is 2.29. The monoisotopic (exact) mass is 262 g/mol. The van der Waals surface area contributed by atoms with Gasteiger partial charge in [-0.2, -0.15) is 0 Å². The van der Waals surface area contributed by atoms with Crippen molar-refractivity contribution in [1.29, 1.82) is 0 Å². The van der Waals surface area contributed by atoms with Gasteiger partial charge in [0.1, 0.15) is 12.2 Å². The van der Waals surface area contributed by atoms with Crippen LogP contribution in [0.2, 0.25) is 0 Å². The zero-order valence-corrected chi connectivity index (χ0v) is 11.4. The number of ketones is 1. The molecule has 102 valence electrons. The van der Waals surface area contributed by atoms with Crippen LogP contribution in [0.1, 0.15) is 28.4 Å². The first-order chi connectivity index (χ1) is 9.02. The molecule has 1 aliphatic rings. The van der Waals surface area contributed by atoms with Crippen LogP contribution in [0.3, 0.4) is 0 Å². The molecule has 0 N–H and O–H groups in total. The third-order valence-electron chi connectivity index (χ3n) is 3.39. The summed E-state index contributed by atoms with van der Waals surface area (Å²) in [4.78, 5) is 21.6. The zero-order valence-electron chi connectivity index (χ0n) is 11.4. The second-order valence-electron chi connectivity index (χ2n) is 4.98. The second kappa shape index (κ2) is 5.63. The predicted octanol–water partition coefficient (Wildman–Crippen LogP) is 1.84. The average molecular weight is 262 g/mol. The molecule has 0 radical (unpaired) electrons. The van der Waals surface area contributed by atoms with Gasteiger partial charge in [0.15, 0.2) is 6.29 Å². The van der Waals surface area contributed by atoms with Crippen molar-refractivity contribution in [2.45, 2.75) is 33.0 Å². The number of aldehydes is 1. The number of benzene rings is 1. The summed E-state index contributed by atoms with van der Waals surface area (Å²) < 4.78 is 11.1. The van der Waals surface area contributed by atoms with E-state index in [9.17, 15) is 9.59 Å². The van der Waals surface area contributed by atoms with E-state index in [4.69, 9.17) is 9.47 Å². The molecule has 1 aromatic carbocycles. The summed E-state index contributed by atoms with van der Waals surface area (Å²) >= 11 is 0. The average Bonchev–Trinajstić information content (AvgIpc) is 2.37.